The molecule has 2 aromatic rings. The van der Waals surface area contributed by atoms with Crippen molar-refractivity contribution in [3.05, 3.63) is 36.5 Å². The molecule has 102 valence electrons. The predicted molar refractivity (Wildman–Crippen MR) is 79.6 cm³/mol. The van der Waals surface area contributed by atoms with Crippen LogP contribution in [-0.2, 0) is 0 Å². The Bertz CT molecular complexity index is 508. The molecule has 0 aliphatic carbocycles. The van der Waals surface area contributed by atoms with Crippen LogP contribution in [0.15, 0.2) is 36.5 Å². The van der Waals surface area contributed by atoms with Crippen LogP contribution in [0.4, 0.5) is 0 Å². The maximum atomic E-state index is 5.85. The van der Waals surface area contributed by atoms with Gasteiger partial charge in [0, 0.05) is 24.2 Å². The molecule has 3 heteroatoms. The number of nitrogens with zero attached hydrogens (tertiary/aromatic N) is 1. The lowest BCUT2D eigenvalue weighted by atomic mass is 10.2. The van der Waals surface area contributed by atoms with Gasteiger partial charge in [-0.2, -0.15) is 0 Å². The fourth-order valence-electron chi connectivity index (χ4n) is 2.20. The summed E-state index contributed by atoms with van der Waals surface area (Å²) in [7, 11) is 0. The van der Waals surface area contributed by atoms with E-state index in [-0.39, 0.29) is 0 Å². The van der Waals surface area contributed by atoms with E-state index in [4.69, 9.17) is 4.74 Å². The molecule has 0 saturated heterocycles. The molecule has 0 spiro atoms. The van der Waals surface area contributed by atoms with Crippen LogP contribution in [0.25, 0.3) is 10.9 Å². The van der Waals surface area contributed by atoms with Crippen LogP contribution in [0.2, 0.25) is 0 Å². The van der Waals surface area contributed by atoms with E-state index in [1.807, 2.05) is 30.3 Å². The lowest BCUT2D eigenvalue weighted by molar-refractivity contribution is 0.308. The van der Waals surface area contributed by atoms with Crippen molar-refractivity contribution in [2.75, 3.05) is 13.2 Å². The molecule has 0 bridgehead atoms. The third kappa shape index (κ3) is 3.93. The smallest absolute Gasteiger partial charge is 0.128 e. The summed E-state index contributed by atoms with van der Waals surface area (Å²) in [5, 5.41) is 4.54. The van der Waals surface area contributed by atoms with Gasteiger partial charge < -0.3 is 10.1 Å². The summed E-state index contributed by atoms with van der Waals surface area (Å²) < 4.78 is 5.85. The quantitative estimate of drug-likeness (QED) is 0.773. The molecule has 1 N–H and O–H groups in total. The number of hydrogen-bond donors (Lipinski definition) is 1. The first-order valence-electron chi connectivity index (χ1n) is 7.01. The van der Waals surface area contributed by atoms with Crippen LogP contribution in [0, 0.1) is 0 Å². The molecule has 19 heavy (non-hydrogen) atoms. The summed E-state index contributed by atoms with van der Waals surface area (Å²) in [5.41, 5.74) is 0.979. The zero-order valence-corrected chi connectivity index (χ0v) is 11.7. The normalized spacial score (nSPS) is 12.5. The fourth-order valence-corrected chi connectivity index (χ4v) is 2.20. The number of ether oxygens (including phenoxy) is 1. The van der Waals surface area contributed by atoms with Crippen molar-refractivity contribution < 1.29 is 4.74 Å². The molecule has 1 heterocycles. The number of aromatic nitrogens is 1. The minimum absolute atomic E-state index is 0.558. The molecule has 0 saturated carbocycles. The summed E-state index contributed by atoms with van der Waals surface area (Å²) >= 11 is 0. The van der Waals surface area contributed by atoms with E-state index in [9.17, 15) is 0 Å². The number of benzene rings is 1. The van der Waals surface area contributed by atoms with Crippen molar-refractivity contribution in [2.24, 2.45) is 0 Å². The first kappa shape index (κ1) is 13.8. The van der Waals surface area contributed by atoms with Crippen LogP contribution in [-0.4, -0.2) is 24.2 Å². The highest BCUT2D eigenvalue weighted by Gasteiger charge is 2.02. The Morgan fingerprint density at radius 1 is 1.26 bits per heavy atom. The molecule has 2 rings (SSSR count). The third-order valence-corrected chi connectivity index (χ3v) is 3.18. The summed E-state index contributed by atoms with van der Waals surface area (Å²) in [5.74, 6) is 0.913. The van der Waals surface area contributed by atoms with Crippen molar-refractivity contribution in [1.82, 2.24) is 10.3 Å². The van der Waals surface area contributed by atoms with Crippen LogP contribution >= 0.6 is 0 Å². The maximum Gasteiger partial charge on any atom is 0.128 e. The lowest BCUT2D eigenvalue weighted by Crippen LogP contribution is -2.29. The van der Waals surface area contributed by atoms with Gasteiger partial charge in [-0.05, 0) is 37.6 Å². The van der Waals surface area contributed by atoms with Gasteiger partial charge in [-0.25, -0.2) is 0 Å². The third-order valence-electron chi connectivity index (χ3n) is 3.18. The Balaban J connectivity index is 1.88. The molecule has 1 unspecified atom stereocenters. The largest absolute Gasteiger partial charge is 0.492 e. The number of rotatable bonds is 7. The molecule has 1 aromatic carbocycles. The highest BCUT2D eigenvalue weighted by atomic mass is 16.5. The van der Waals surface area contributed by atoms with Gasteiger partial charge in [-0.3, -0.25) is 4.98 Å². The minimum atomic E-state index is 0.558. The number of hydrogen-bond acceptors (Lipinski definition) is 3. The van der Waals surface area contributed by atoms with Gasteiger partial charge in [0.1, 0.15) is 12.4 Å². The molecule has 0 radical (unpaired) electrons. The second-order valence-electron chi connectivity index (χ2n) is 4.82. The highest BCUT2D eigenvalue weighted by molar-refractivity contribution is 5.84. The number of fused-ring (bicyclic) bond motifs is 1. The van der Waals surface area contributed by atoms with Crippen molar-refractivity contribution in [1.29, 1.82) is 0 Å². The summed E-state index contributed by atoms with van der Waals surface area (Å²) in [6, 6.07) is 10.5. The van der Waals surface area contributed by atoms with Gasteiger partial charge in [0.25, 0.3) is 0 Å². The van der Waals surface area contributed by atoms with Crippen LogP contribution in [0.5, 0.6) is 5.75 Å². The second kappa shape index (κ2) is 7.10. The molecule has 0 aliphatic rings. The van der Waals surface area contributed by atoms with Crippen molar-refractivity contribution in [2.45, 2.75) is 32.7 Å². The van der Waals surface area contributed by atoms with E-state index in [0.717, 1.165) is 23.2 Å². The monoisotopic (exact) mass is 258 g/mol. The topological polar surface area (TPSA) is 34.1 Å². The molecular formula is C16H22N2O. The van der Waals surface area contributed by atoms with E-state index in [0.29, 0.717) is 12.6 Å². The Hall–Kier alpha value is -1.61. The van der Waals surface area contributed by atoms with Gasteiger partial charge in [-0.1, -0.05) is 19.4 Å². The molecule has 0 amide bonds. The summed E-state index contributed by atoms with van der Waals surface area (Å²) in [6.07, 6.45) is 4.22. The molecule has 3 nitrogen and oxygen atoms in total. The van der Waals surface area contributed by atoms with Gasteiger partial charge in [0.05, 0.1) is 5.52 Å². The number of nitrogens with one attached hydrogen (secondary N) is 1. The van der Waals surface area contributed by atoms with Gasteiger partial charge in [0.15, 0.2) is 0 Å². The minimum Gasteiger partial charge on any atom is -0.492 e. The predicted octanol–water partition coefficient (Wildman–Crippen LogP) is 3.39. The van der Waals surface area contributed by atoms with E-state index in [2.05, 4.69) is 24.1 Å². The first-order valence-corrected chi connectivity index (χ1v) is 7.01. The van der Waals surface area contributed by atoms with E-state index in [1.54, 1.807) is 6.20 Å². The van der Waals surface area contributed by atoms with Crippen LogP contribution in [0.3, 0.4) is 0 Å². The van der Waals surface area contributed by atoms with Gasteiger partial charge in [-0.15, -0.1) is 0 Å². The number of pyridine rings is 1. The fraction of sp³-hybridized carbons (Fsp3) is 0.438. The first-order chi connectivity index (χ1) is 9.31. The standard InChI is InChI=1S/C16H22N2O/c1-3-6-13(2)17-11-12-19-16-9-4-8-15-14(16)7-5-10-18-15/h4-5,7-10,13,17H,3,6,11-12H2,1-2H3. The average molecular weight is 258 g/mol. The van der Waals surface area contributed by atoms with Crippen LogP contribution < -0.4 is 10.1 Å². The van der Waals surface area contributed by atoms with Gasteiger partial charge in [0.2, 0.25) is 0 Å². The van der Waals surface area contributed by atoms with Crippen molar-refractivity contribution in [3.8, 4) is 5.75 Å². The van der Waals surface area contributed by atoms with E-state index in [1.165, 1.54) is 12.8 Å². The SMILES string of the molecule is CCCC(C)NCCOc1cccc2ncccc12. The molecular weight excluding hydrogens is 236 g/mol. The van der Waals surface area contributed by atoms with Crippen molar-refractivity contribution >= 4 is 10.9 Å². The maximum absolute atomic E-state index is 5.85. The molecule has 1 atom stereocenters. The average Bonchev–Trinajstić information content (AvgIpc) is 2.44. The Kier molecular flexibility index (Phi) is 5.16. The van der Waals surface area contributed by atoms with Crippen molar-refractivity contribution in [3.63, 3.8) is 0 Å². The Labute approximate surface area is 115 Å². The molecule has 1 aromatic heterocycles. The molecule has 0 aliphatic heterocycles. The zero-order chi connectivity index (χ0) is 13.5. The Morgan fingerprint density at radius 2 is 2.16 bits per heavy atom. The zero-order valence-electron chi connectivity index (χ0n) is 11.7. The summed E-state index contributed by atoms with van der Waals surface area (Å²) in [6.45, 7) is 5.98. The van der Waals surface area contributed by atoms with E-state index >= 15 is 0 Å². The van der Waals surface area contributed by atoms with E-state index < -0.39 is 0 Å². The molecule has 0 fully saturated rings. The second-order valence-corrected chi connectivity index (χ2v) is 4.82. The van der Waals surface area contributed by atoms with Crippen LogP contribution in [0.1, 0.15) is 26.7 Å². The summed E-state index contributed by atoms with van der Waals surface area (Å²) in [4.78, 5) is 4.33. The highest BCUT2D eigenvalue weighted by Crippen LogP contribution is 2.23. The Morgan fingerprint density at radius 3 is 3.00 bits per heavy atom. The lowest BCUT2D eigenvalue weighted by Gasteiger charge is -2.13. The van der Waals surface area contributed by atoms with Gasteiger partial charge >= 0.3 is 0 Å².